The van der Waals surface area contributed by atoms with Crippen LogP contribution in [0, 0.1) is 5.92 Å². The summed E-state index contributed by atoms with van der Waals surface area (Å²) in [7, 11) is 0. The van der Waals surface area contributed by atoms with Crippen LogP contribution in [0.2, 0.25) is 0 Å². The van der Waals surface area contributed by atoms with Gasteiger partial charge in [0.05, 0.1) is 17.3 Å². The van der Waals surface area contributed by atoms with Gasteiger partial charge in [0, 0.05) is 5.92 Å². The Bertz CT molecular complexity index is 771. The maximum Gasteiger partial charge on any atom is 0.282 e. The average Bonchev–Trinajstić information content (AvgIpc) is 2.98. The molecule has 2 aromatic rings. The first kappa shape index (κ1) is 13.0. The van der Waals surface area contributed by atoms with Crippen molar-refractivity contribution in [2.75, 3.05) is 0 Å². The van der Waals surface area contributed by atoms with Gasteiger partial charge in [0.1, 0.15) is 11.5 Å². The van der Waals surface area contributed by atoms with Gasteiger partial charge < -0.3 is 4.42 Å². The predicted molar refractivity (Wildman–Crippen MR) is 79.8 cm³/mol. The van der Waals surface area contributed by atoms with Gasteiger partial charge in [-0.2, -0.15) is 10.1 Å². The summed E-state index contributed by atoms with van der Waals surface area (Å²) in [6, 6.07) is 10.5. The Labute approximate surface area is 127 Å². The Morgan fingerprint density at radius 1 is 1.14 bits per heavy atom. The van der Waals surface area contributed by atoms with Crippen LogP contribution >= 0.6 is 0 Å². The lowest BCUT2D eigenvalue weighted by molar-refractivity contribution is 0.0660. The number of imide groups is 1. The molecule has 0 radical (unpaired) electrons. The van der Waals surface area contributed by atoms with Gasteiger partial charge in [-0.25, -0.2) is 0 Å². The number of hydrogen-bond acceptors (Lipinski definition) is 4. The first-order chi connectivity index (χ1) is 10.6. The van der Waals surface area contributed by atoms with Crippen molar-refractivity contribution >= 4 is 18.0 Å². The van der Waals surface area contributed by atoms with Crippen molar-refractivity contribution in [3.63, 3.8) is 0 Å². The fourth-order valence-electron chi connectivity index (χ4n) is 2.75. The molecule has 0 bridgehead atoms. The summed E-state index contributed by atoms with van der Waals surface area (Å²) in [5.41, 5.74) is 0.771. The van der Waals surface area contributed by atoms with Gasteiger partial charge >= 0.3 is 0 Å². The van der Waals surface area contributed by atoms with Gasteiger partial charge in [-0.05, 0) is 36.6 Å². The third kappa shape index (κ3) is 1.97. The molecule has 0 spiro atoms. The van der Waals surface area contributed by atoms with E-state index >= 15 is 0 Å². The lowest BCUT2D eigenvalue weighted by atomic mass is 10.1. The van der Waals surface area contributed by atoms with Crippen molar-refractivity contribution in [3.05, 3.63) is 59.0 Å². The Morgan fingerprint density at radius 2 is 1.77 bits per heavy atom. The van der Waals surface area contributed by atoms with E-state index in [0.717, 1.165) is 17.2 Å². The molecule has 110 valence electrons. The Hall–Kier alpha value is -2.69. The molecule has 2 amide bonds. The molecule has 1 fully saturated rings. The minimum Gasteiger partial charge on any atom is -0.460 e. The molecule has 5 nitrogen and oxygen atoms in total. The Balaban J connectivity index is 1.55. The standard InChI is InChI=1S/C17H14N2O3/c1-10-8-14(10)15-7-6-11(22-15)9-18-19-16(20)12-4-2-3-5-13(12)17(19)21/h2-7,9-10,14H,8H2,1H3/b18-9-/t10-,14+/m1/s1. The second-order valence-corrected chi connectivity index (χ2v) is 5.77. The number of carbonyl (C=O) groups excluding carboxylic acids is 2. The van der Waals surface area contributed by atoms with E-state index in [9.17, 15) is 9.59 Å². The molecule has 1 saturated carbocycles. The number of amides is 2. The molecule has 2 atom stereocenters. The van der Waals surface area contributed by atoms with E-state index in [1.807, 2.05) is 12.1 Å². The molecular formula is C17H14N2O3. The van der Waals surface area contributed by atoms with Crippen molar-refractivity contribution in [2.45, 2.75) is 19.3 Å². The quantitative estimate of drug-likeness (QED) is 0.645. The maximum absolute atomic E-state index is 12.2. The second kappa shape index (κ2) is 4.66. The number of nitrogens with zero attached hydrogens (tertiary/aromatic N) is 2. The summed E-state index contributed by atoms with van der Waals surface area (Å²) < 4.78 is 5.69. The molecule has 1 aromatic heterocycles. The van der Waals surface area contributed by atoms with E-state index < -0.39 is 11.8 Å². The minimum absolute atomic E-state index is 0.386. The minimum atomic E-state index is -0.403. The molecule has 22 heavy (non-hydrogen) atoms. The molecule has 4 rings (SSSR count). The van der Waals surface area contributed by atoms with Crippen LogP contribution in [0.1, 0.15) is 51.5 Å². The van der Waals surface area contributed by atoms with E-state index in [1.165, 1.54) is 6.21 Å². The summed E-state index contributed by atoms with van der Waals surface area (Å²) in [6.07, 6.45) is 2.56. The summed E-state index contributed by atoms with van der Waals surface area (Å²) in [5.74, 6) is 1.83. The summed E-state index contributed by atoms with van der Waals surface area (Å²) in [5, 5.41) is 4.88. The van der Waals surface area contributed by atoms with Crippen LogP contribution in [-0.4, -0.2) is 23.0 Å². The van der Waals surface area contributed by atoms with Crippen LogP contribution in [0.15, 0.2) is 45.9 Å². The van der Waals surface area contributed by atoms with E-state index in [4.69, 9.17) is 4.42 Å². The highest BCUT2D eigenvalue weighted by atomic mass is 16.3. The molecule has 2 heterocycles. The van der Waals surface area contributed by atoms with Crippen molar-refractivity contribution in [1.82, 2.24) is 5.01 Å². The monoisotopic (exact) mass is 294 g/mol. The number of hydrazone groups is 1. The number of carbonyl (C=O) groups is 2. The van der Waals surface area contributed by atoms with Gasteiger partial charge in [0.15, 0.2) is 0 Å². The average molecular weight is 294 g/mol. The number of fused-ring (bicyclic) bond motifs is 1. The highest BCUT2D eigenvalue weighted by Gasteiger charge is 2.37. The van der Waals surface area contributed by atoms with Crippen molar-refractivity contribution in [2.24, 2.45) is 11.0 Å². The first-order valence-corrected chi connectivity index (χ1v) is 7.26. The largest absolute Gasteiger partial charge is 0.460 e. The molecule has 0 saturated heterocycles. The number of rotatable bonds is 3. The van der Waals surface area contributed by atoms with Crippen molar-refractivity contribution in [3.8, 4) is 0 Å². The van der Waals surface area contributed by atoms with Gasteiger partial charge in [-0.3, -0.25) is 9.59 Å². The van der Waals surface area contributed by atoms with E-state index in [-0.39, 0.29) is 0 Å². The third-order valence-corrected chi connectivity index (χ3v) is 4.20. The van der Waals surface area contributed by atoms with Gasteiger partial charge in [-0.1, -0.05) is 19.1 Å². The highest BCUT2D eigenvalue weighted by molar-refractivity contribution is 6.21. The summed E-state index contributed by atoms with van der Waals surface area (Å²) in [4.78, 5) is 24.3. The highest BCUT2D eigenvalue weighted by Crippen LogP contribution is 2.47. The molecular weight excluding hydrogens is 280 g/mol. The molecule has 1 aliphatic heterocycles. The topological polar surface area (TPSA) is 62.9 Å². The predicted octanol–water partition coefficient (Wildman–Crippen LogP) is 3.03. The van der Waals surface area contributed by atoms with Crippen LogP contribution in [0.3, 0.4) is 0 Å². The van der Waals surface area contributed by atoms with Gasteiger partial charge in [-0.15, -0.1) is 0 Å². The van der Waals surface area contributed by atoms with Gasteiger partial charge in [0.25, 0.3) is 11.8 Å². The van der Waals surface area contributed by atoms with Crippen LogP contribution in [0.4, 0.5) is 0 Å². The van der Waals surface area contributed by atoms with E-state index in [2.05, 4.69) is 12.0 Å². The number of furan rings is 1. The number of benzene rings is 1. The lowest BCUT2D eigenvalue weighted by Crippen LogP contribution is -2.23. The fraction of sp³-hybridized carbons (Fsp3) is 0.235. The molecule has 0 unspecified atom stereocenters. The van der Waals surface area contributed by atoms with E-state index in [1.54, 1.807) is 24.3 Å². The molecule has 1 aliphatic carbocycles. The fourth-order valence-corrected chi connectivity index (χ4v) is 2.75. The first-order valence-electron chi connectivity index (χ1n) is 7.26. The van der Waals surface area contributed by atoms with Crippen LogP contribution < -0.4 is 0 Å². The zero-order valence-corrected chi connectivity index (χ0v) is 12.0. The van der Waals surface area contributed by atoms with Crippen LogP contribution in [0.5, 0.6) is 0 Å². The van der Waals surface area contributed by atoms with Gasteiger partial charge in [0.2, 0.25) is 0 Å². The second-order valence-electron chi connectivity index (χ2n) is 5.77. The maximum atomic E-state index is 12.2. The summed E-state index contributed by atoms with van der Waals surface area (Å²) >= 11 is 0. The molecule has 1 aromatic carbocycles. The van der Waals surface area contributed by atoms with Crippen LogP contribution in [0.25, 0.3) is 0 Å². The summed E-state index contributed by atoms with van der Waals surface area (Å²) in [6.45, 7) is 2.18. The van der Waals surface area contributed by atoms with Crippen molar-refractivity contribution < 1.29 is 14.0 Å². The van der Waals surface area contributed by atoms with Crippen molar-refractivity contribution in [1.29, 1.82) is 0 Å². The Kier molecular flexibility index (Phi) is 2.76. The normalized spacial score (nSPS) is 23.4. The molecule has 2 aliphatic rings. The van der Waals surface area contributed by atoms with E-state index in [0.29, 0.717) is 28.7 Å². The zero-order chi connectivity index (χ0) is 15.3. The SMILES string of the molecule is C[C@@H]1C[C@@H]1c1ccc(/C=N\N2C(=O)c3ccccc3C2=O)o1. The molecule has 0 N–H and O–H groups in total. The third-order valence-electron chi connectivity index (χ3n) is 4.20. The van der Waals surface area contributed by atoms with Crippen LogP contribution in [-0.2, 0) is 0 Å². The Morgan fingerprint density at radius 3 is 2.36 bits per heavy atom. The lowest BCUT2D eigenvalue weighted by Gasteiger charge is -2.04. The number of hydrogen-bond donors (Lipinski definition) is 0. The zero-order valence-electron chi connectivity index (χ0n) is 12.0. The smallest absolute Gasteiger partial charge is 0.282 e. The molecule has 5 heteroatoms.